The van der Waals surface area contributed by atoms with Crippen LogP contribution in [0, 0.1) is 0 Å². The Bertz CT molecular complexity index is 662. The van der Waals surface area contributed by atoms with E-state index < -0.39 is 0 Å². The van der Waals surface area contributed by atoms with Crippen LogP contribution in [0.25, 0.3) is 10.6 Å². The van der Waals surface area contributed by atoms with Crippen LogP contribution in [0.5, 0.6) is 0 Å². The zero-order chi connectivity index (χ0) is 14.8. The number of hydrogen-bond acceptors (Lipinski definition) is 4. The van der Waals surface area contributed by atoms with Crippen LogP contribution in [0.4, 0.5) is 0 Å². The van der Waals surface area contributed by atoms with E-state index >= 15 is 0 Å². The van der Waals surface area contributed by atoms with E-state index in [2.05, 4.69) is 10.3 Å². The van der Waals surface area contributed by atoms with Crippen molar-refractivity contribution in [2.75, 3.05) is 19.6 Å². The van der Waals surface area contributed by atoms with Crippen LogP contribution in [0.15, 0.2) is 29.6 Å². The van der Waals surface area contributed by atoms with E-state index in [-0.39, 0.29) is 24.4 Å². The van der Waals surface area contributed by atoms with Gasteiger partial charge >= 0.3 is 0 Å². The van der Waals surface area contributed by atoms with Crippen LogP contribution in [-0.4, -0.2) is 41.5 Å². The standard InChI is InChI=1S/C15H16ClN3OS.ClH/c1-10-8-17-6-7-19(10)15(20)13-9-21-14(18-13)11-4-2-3-5-12(11)16;/h2-5,9-10,17H,6-8H2,1H3;1H/t10-;/m1./s1. The minimum Gasteiger partial charge on any atom is -0.332 e. The summed E-state index contributed by atoms with van der Waals surface area (Å²) in [5, 5.41) is 6.53. The highest BCUT2D eigenvalue weighted by Gasteiger charge is 2.25. The first-order valence-electron chi connectivity index (χ1n) is 6.89. The molecular formula is C15H17Cl2N3OS. The third-order valence-corrected chi connectivity index (χ3v) is 4.79. The van der Waals surface area contributed by atoms with Gasteiger partial charge < -0.3 is 10.2 Å². The Morgan fingerprint density at radius 2 is 2.23 bits per heavy atom. The van der Waals surface area contributed by atoms with Gasteiger partial charge in [-0.15, -0.1) is 23.7 Å². The molecule has 4 nitrogen and oxygen atoms in total. The van der Waals surface area contributed by atoms with Crippen LogP contribution in [0.2, 0.25) is 5.02 Å². The molecule has 7 heteroatoms. The van der Waals surface area contributed by atoms with Gasteiger partial charge in [0.2, 0.25) is 0 Å². The SMILES string of the molecule is C[C@@H]1CNCCN1C(=O)c1csc(-c2ccccc2Cl)n1.Cl. The van der Waals surface area contributed by atoms with Crippen molar-refractivity contribution in [2.45, 2.75) is 13.0 Å². The summed E-state index contributed by atoms with van der Waals surface area (Å²) in [5.74, 6) is -0.00134. The summed E-state index contributed by atoms with van der Waals surface area (Å²) in [4.78, 5) is 18.9. The van der Waals surface area contributed by atoms with Crippen LogP contribution >= 0.6 is 35.3 Å². The number of rotatable bonds is 2. The maximum atomic E-state index is 12.5. The van der Waals surface area contributed by atoms with Crippen molar-refractivity contribution in [3.8, 4) is 10.6 Å². The molecule has 2 aromatic rings. The lowest BCUT2D eigenvalue weighted by Gasteiger charge is -2.33. The van der Waals surface area contributed by atoms with E-state index in [9.17, 15) is 4.79 Å². The summed E-state index contributed by atoms with van der Waals surface area (Å²) in [6.07, 6.45) is 0. The summed E-state index contributed by atoms with van der Waals surface area (Å²) in [6.45, 7) is 4.43. The molecule has 1 aromatic carbocycles. The number of piperazine rings is 1. The molecule has 1 atom stereocenters. The number of carbonyl (C=O) groups excluding carboxylic acids is 1. The van der Waals surface area contributed by atoms with Crippen molar-refractivity contribution in [2.24, 2.45) is 0 Å². The number of hydrogen-bond donors (Lipinski definition) is 1. The molecule has 0 unspecified atom stereocenters. The average Bonchev–Trinajstić information content (AvgIpc) is 2.97. The van der Waals surface area contributed by atoms with E-state index in [1.165, 1.54) is 11.3 Å². The zero-order valence-electron chi connectivity index (χ0n) is 12.1. The van der Waals surface area contributed by atoms with Gasteiger partial charge in [-0.3, -0.25) is 4.79 Å². The number of amides is 1. The first-order chi connectivity index (χ1) is 10.2. The van der Waals surface area contributed by atoms with Crippen LogP contribution in [-0.2, 0) is 0 Å². The fraction of sp³-hybridized carbons (Fsp3) is 0.333. The first-order valence-corrected chi connectivity index (χ1v) is 8.14. The van der Waals surface area contributed by atoms with Crippen molar-refractivity contribution in [1.82, 2.24) is 15.2 Å². The Balaban J connectivity index is 0.00000176. The van der Waals surface area contributed by atoms with Gasteiger partial charge in [-0.25, -0.2) is 4.98 Å². The van der Waals surface area contributed by atoms with Crippen molar-refractivity contribution < 1.29 is 4.79 Å². The van der Waals surface area contributed by atoms with Crippen molar-refractivity contribution in [3.05, 3.63) is 40.4 Å². The fourth-order valence-electron chi connectivity index (χ4n) is 2.42. The summed E-state index contributed by atoms with van der Waals surface area (Å²) in [6, 6.07) is 7.74. The molecule has 0 spiro atoms. The van der Waals surface area contributed by atoms with Gasteiger partial charge in [-0.05, 0) is 13.0 Å². The van der Waals surface area contributed by atoms with Crippen LogP contribution in [0.3, 0.4) is 0 Å². The molecule has 0 saturated carbocycles. The maximum absolute atomic E-state index is 12.5. The van der Waals surface area contributed by atoms with E-state index in [1.807, 2.05) is 41.5 Å². The first kappa shape index (κ1) is 17.2. The lowest BCUT2D eigenvalue weighted by molar-refractivity contribution is 0.0650. The van der Waals surface area contributed by atoms with Gasteiger partial charge in [-0.1, -0.05) is 29.8 Å². The smallest absolute Gasteiger partial charge is 0.273 e. The Morgan fingerprint density at radius 1 is 1.45 bits per heavy atom. The molecule has 3 rings (SSSR count). The molecule has 0 bridgehead atoms. The highest BCUT2D eigenvalue weighted by molar-refractivity contribution is 7.13. The monoisotopic (exact) mass is 357 g/mol. The van der Waals surface area contributed by atoms with Crippen molar-refractivity contribution in [1.29, 1.82) is 0 Å². The Kier molecular flexibility index (Phi) is 5.81. The number of benzene rings is 1. The number of halogens is 2. The molecule has 0 aliphatic carbocycles. The van der Waals surface area contributed by atoms with Gasteiger partial charge in [-0.2, -0.15) is 0 Å². The molecule has 1 N–H and O–H groups in total. The van der Waals surface area contributed by atoms with E-state index in [4.69, 9.17) is 11.6 Å². The summed E-state index contributed by atoms with van der Waals surface area (Å²) in [7, 11) is 0. The van der Waals surface area contributed by atoms with Crippen LogP contribution < -0.4 is 5.32 Å². The number of nitrogens with one attached hydrogen (secondary N) is 1. The van der Waals surface area contributed by atoms with E-state index in [0.29, 0.717) is 10.7 Å². The van der Waals surface area contributed by atoms with E-state index in [0.717, 1.165) is 30.2 Å². The molecule has 22 heavy (non-hydrogen) atoms. The van der Waals surface area contributed by atoms with Crippen molar-refractivity contribution in [3.63, 3.8) is 0 Å². The Morgan fingerprint density at radius 3 is 2.95 bits per heavy atom. The summed E-state index contributed by atoms with van der Waals surface area (Å²) in [5.41, 5.74) is 1.38. The van der Waals surface area contributed by atoms with E-state index in [1.54, 1.807) is 0 Å². The highest BCUT2D eigenvalue weighted by atomic mass is 35.5. The topological polar surface area (TPSA) is 45.2 Å². The predicted octanol–water partition coefficient (Wildman–Crippen LogP) is 3.32. The number of aromatic nitrogens is 1. The molecule has 1 aromatic heterocycles. The number of nitrogens with zero attached hydrogens (tertiary/aromatic N) is 2. The molecule has 1 amide bonds. The highest BCUT2D eigenvalue weighted by Crippen LogP contribution is 2.30. The lowest BCUT2D eigenvalue weighted by Crippen LogP contribution is -2.52. The van der Waals surface area contributed by atoms with Crippen LogP contribution in [0.1, 0.15) is 17.4 Å². The molecule has 118 valence electrons. The zero-order valence-corrected chi connectivity index (χ0v) is 14.5. The predicted molar refractivity (Wildman–Crippen MR) is 93.2 cm³/mol. The minimum absolute atomic E-state index is 0. The maximum Gasteiger partial charge on any atom is 0.273 e. The van der Waals surface area contributed by atoms with Gasteiger partial charge in [0.1, 0.15) is 10.7 Å². The van der Waals surface area contributed by atoms with Gasteiger partial charge in [0, 0.05) is 36.6 Å². The normalized spacial score (nSPS) is 17.9. The minimum atomic E-state index is -0.00134. The summed E-state index contributed by atoms with van der Waals surface area (Å²) < 4.78 is 0. The molecule has 1 fully saturated rings. The van der Waals surface area contributed by atoms with Gasteiger partial charge in [0.25, 0.3) is 5.91 Å². The fourth-order valence-corrected chi connectivity index (χ4v) is 3.53. The second kappa shape index (κ2) is 7.42. The lowest BCUT2D eigenvalue weighted by atomic mass is 10.2. The second-order valence-corrected chi connectivity index (χ2v) is 6.33. The largest absolute Gasteiger partial charge is 0.332 e. The molecule has 1 aliphatic rings. The average molecular weight is 358 g/mol. The molecule has 0 radical (unpaired) electrons. The number of thiazole rings is 1. The number of carbonyl (C=O) groups is 1. The molecule has 2 heterocycles. The third kappa shape index (κ3) is 3.43. The molecule has 1 saturated heterocycles. The third-order valence-electron chi connectivity index (χ3n) is 3.59. The molecule has 1 aliphatic heterocycles. The Labute approximate surface area is 144 Å². The molecular weight excluding hydrogens is 341 g/mol. The quantitative estimate of drug-likeness (QED) is 0.896. The summed E-state index contributed by atoms with van der Waals surface area (Å²) >= 11 is 7.63. The van der Waals surface area contributed by atoms with Crippen molar-refractivity contribution >= 4 is 41.3 Å². The second-order valence-electron chi connectivity index (χ2n) is 5.07. The Hall–Kier alpha value is -1.14. The van der Waals surface area contributed by atoms with Gasteiger partial charge in [0.15, 0.2) is 0 Å². The van der Waals surface area contributed by atoms with Gasteiger partial charge in [0.05, 0.1) is 5.02 Å².